The predicted molar refractivity (Wildman–Crippen MR) is 125 cm³/mol. The fourth-order valence-corrected chi connectivity index (χ4v) is 5.66. The third-order valence-corrected chi connectivity index (χ3v) is 6.96. The van der Waals surface area contributed by atoms with Crippen LogP contribution in [0.2, 0.25) is 0 Å². The van der Waals surface area contributed by atoms with E-state index in [9.17, 15) is 9.59 Å². The Kier molecular flexibility index (Phi) is 5.87. The molecular formula is C27H41NO3. The highest BCUT2D eigenvalue weighted by atomic mass is 16.5. The lowest BCUT2D eigenvalue weighted by Gasteiger charge is -2.39. The van der Waals surface area contributed by atoms with Crippen LogP contribution in [-0.4, -0.2) is 36.0 Å². The van der Waals surface area contributed by atoms with E-state index in [1.165, 1.54) is 0 Å². The number of rotatable bonds is 3. The number of esters is 1. The molecule has 4 nitrogen and oxygen atoms in total. The highest BCUT2D eigenvalue weighted by Gasteiger charge is 2.50. The van der Waals surface area contributed by atoms with Crippen LogP contribution < -0.4 is 0 Å². The molecule has 1 aromatic rings. The van der Waals surface area contributed by atoms with Gasteiger partial charge < -0.3 is 9.64 Å². The van der Waals surface area contributed by atoms with Crippen molar-refractivity contribution < 1.29 is 14.3 Å². The molecule has 1 heterocycles. The Morgan fingerprint density at radius 1 is 0.968 bits per heavy atom. The molecule has 172 valence electrons. The van der Waals surface area contributed by atoms with E-state index >= 15 is 0 Å². The fraction of sp³-hybridized carbons (Fsp3) is 0.704. The fourth-order valence-electron chi connectivity index (χ4n) is 5.66. The minimum Gasteiger partial charge on any atom is -0.452 e. The molecule has 2 atom stereocenters. The summed E-state index contributed by atoms with van der Waals surface area (Å²) in [4.78, 5) is 27.9. The van der Waals surface area contributed by atoms with Crippen LogP contribution in [0.5, 0.6) is 0 Å². The summed E-state index contributed by atoms with van der Waals surface area (Å²) >= 11 is 0. The van der Waals surface area contributed by atoms with Gasteiger partial charge in [0.2, 0.25) is 0 Å². The summed E-state index contributed by atoms with van der Waals surface area (Å²) < 4.78 is 5.54. The zero-order valence-electron chi connectivity index (χ0n) is 21.0. The second kappa shape index (κ2) is 7.64. The quantitative estimate of drug-likeness (QED) is 0.567. The number of carbonyl (C=O) groups is 2. The number of hydrogen-bond donors (Lipinski definition) is 0. The van der Waals surface area contributed by atoms with Crippen LogP contribution in [0.25, 0.3) is 0 Å². The zero-order valence-corrected chi connectivity index (χ0v) is 21.0. The van der Waals surface area contributed by atoms with E-state index < -0.39 is 5.97 Å². The lowest BCUT2D eigenvalue weighted by atomic mass is 9.65. The molecule has 1 saturated carbocycles. The summed E-state index contributed by atoms with van der Waals surface area (Å²) in [5.41, 5.74) is 2.99. The first kappa shape index (κ1) is 23.8. The van der Waals surface area contributed by atoms with E-state index in [2.05, 4.69) is 68.4 Å². The molecule has 1 saturated heterocycles. The number of likely N-dealkylation sites (tertiary alicyclic amines) is 1. The normalized spacial score (nSPS) is 25.5. The molecule has 0 aromatic heterocycles. The van der Waals surface area contributed by atoms with Crippen molar-refractivity contribution in [1.82, 2.24) is 4.90 Å². The number of hydrogen-bond acceptors (Lipinski definition) is 3. The van der Waals surface area contributed by atoms with E-state index in [-0.39, 0.29) is 40.2 Å². The van der Waals surface area contributed by atoms with Gasteiger partial charge in [-0.3, -0.25) is 4.79 Å². The molecule has 0 N–H and O–H groups in total. The number of fused-ring (bicyclic) bond motifs is 2. The van der Waals surface area contributed by atoms with E-state index in [1.807, 2.05) is 17.0 Å². The van der Waals surface area contributed by atoms with Crippen LogP contribution in [0.1, 0.15) is 103 Å². The van der Waals surface area contributed by atoms with Crippen LogP contribution in [0.15, 0.2) is 18.2 Å². The van der Waals surface area contributed by atoms with Gasteiger partial charge in [0.15, 0.2) is 6.61 Å². The maximum atomic E-state index is 13.0. The maximum Gasteiger partial charge on any atom is 0.338 e. The average molecular weight is 428 g/mol. The van der Waals surface area contributed by atoms with Gasteiger partial charge >= 0.3 is 5.97 Å². The number of amides is 1. The van der Waals surface area contributed by atoms with Crippen LogP contribution in [0, 0.1) is 10.8 Å². The van der Waals surface area contributed by atoms with Crippen molar-refractivity contribution in [3.8, 4) is 0 Å². The predicted octanol–water partition coefficient (Wildman–Crippen LogP) is 5.87. The van der Waals surface area contributed by atoms with Crippen LogP contribution >= 0.6 is 0 Å². The Balaban J connectivity index is 1.73. The molecule has 0 radical (unpaired) electrons. The van der Waals surface area contributed by atoms with Crippen molar-refractivity contribution in [2.75, 3.05) is 13.2 Å². The third-order valence-electron chi connectivity index (χ3n) is 6.96. The van der Waals surface area contributed by atoms with E-state index in [4.69, 9.17) is 4.74 Å². The van der Waals surface area contributed by atoms with Crippen molar-refractivity contribution in [3.05, 3.63) is 34.9 Å². The summed E-state index contributed by atoms with van der Waals surface area (Å²) in [5.74, 6) is -0.485. The maximum absolute atomic E-state index is 13.0. The minimum absolute atomic E-state index is 0.0669. The molecule has 0 unspecified atom stereocenters. The lowest BCUT2D eigenvalue weighted by molar-refractivity contribution is -0.135. The average Bonchev–Trinajstić information content (AvgIpc) is 2.86. The molecule has 1 aliphatic carbocycles. The SMILES string of the molecule is CC1(C)C[C@H]2C[C@@](C)(CN2C(=O)COC(=O)c2cc(C(C)(C)C)cc(C(C)(C)C)c2)C1. The van der Waals surface area contributed by atoms with Gasteiger partial charge in [-0.1, -0.05) is 68.4 Å². The number of benzene rings is 1. The van der Waals surface area contributed by atoms with Gasteiger partial charge in [0.05, 0.1) is 5.56 Å². The standard InChI is InChI=1S/C27H41NO3/c1-24(2,3)19-10-18(11-20(12-19)25(4,5)6)23(30)31-15-22(29)28-17-27(9)14-21(28)13-26(7,8)16-27/h10-12,21H,13-17H2,1-9H3/t21-,27+/m0/s1. The topological polar surface area (TPSA) is 46.6 Å². The van der Waals surface area contributed by atoms with Gasteiger partial charge in [-0.05, 0) is 64.2 Å². The number of nitrogens with zero attached hydrogens (tertiary/aromatic N) is 1. The first-order valence-electron chi connectivity index (χ1n) is 11.6. The third kappa shape index (κ3) is 5.32. The summed E-state index contributed by atoms with van der Waals surface area (Å²) in [5, 5.41) is 0. The highest BCUT2D eigenvalue weighted by Crippen LogP contribution is 2.52. The molecular weight excluding hydrogens is 386 g/mol. The summed E-state index contributed by atoms with van der Waals surface area (Å²) in [6.07, 6.45) is 3.21. The molecule has 31 heavy (non-hydrogen) atoms. The minimum atomic E-state index is -0.418. The van der Waals surface area contributed by atoms with E-state index in [0.29, 0.717) is 5.56 Å². The van der Waals surface area contributed by atoms with Crippen LogP contribution in [0.3, 0.4) is 0 Å². The van der Waals surface area contributed by atoms with Crippen molar-refractivity contribution in [3.63, 3.8) is 0 Å². The Morgan fingerprint density at radius 2 is 1.52 bits per heavy atom. The monoisotopic (exact) mass is 427 g/mol. The molecule has 1 amide bonds. The van der Waals surface area contributed by atoms with E-state index in [0.717, 1.165) is 36.9 Å². The summed E-state index contributed by atoms with van der Waals surface area (Å²) in [7, 11) is 0. The molecule has 0 spiro atoms. The summed E-state index contributed by atoms with van der Waals surface area (Å²) in [6.45, 7) is 20.3. The first-order chi connectivity index (χ1) is 14.0. The molecule has 2 bridgehead atoms. The smallest absolute Gasteiger partial charge is 0.338 e. The van der Waals surface area contributed by atoms with Gasteiger partial charge in [-0.2, -0.15) is 0 Å². The van der Waals surface area contributed by atoms with Gasteiger partial charge in [-0.15, -0.1) is 0 Å². The lowest BCUT2D eigenvalue weighted by Crippen LogP contribution is -2.39. The Bertz CT molecular complexity index is 839. The van der Waals surface area contributed by atoms with Crippen molar-refractivity contribution in [2.24, 2.45) is 10.8 Å². The Hall–Kier alpha value is -1.84. The molecule has 2 fully saturated rings. The molecule has 2 aliphatic rings. The van der Waals surface area contributed by atoms with E-state index in [1.54, 1.807) is 0 Å². The van der Waals surface area contributed by atoms with Gasteiger partial charge in [0.1, 0.15) is 0 Å². The second-order valence-corrected chi connectivity index (χ2v) is 13.1. The van der Waals surface area contributed by atoms with Crippen molar-refractivity contribution >= 4 is 11.9 Å². The Labute approximate surface area is 188 Å². The largest absolute Gasteiger partial charge is 0.452 e. The Morgan fingerprint density at radius 3 is 2.03 bits per heavy atom. The summed E-state index contributed by atoms with van der Waals surface area (Å²) in [6, 6.07) is 6.26. The molecule has 1 aromatic carbocycles. The molecule has 4 heteroatoms. The highest BCUT2D eigenvalue weighted by molar-refractivity contribution is 5.92. The van der Waals surface area contributed by atoms with Crippen LogP contribution in [0.4, 0.5) is 0 Å². The number of carbonyl (C=O) groups excluding carboxylic acids is 2. The van der Waals surface area contributed by atoms with Gasteiger partial charge in [-0.25, -0.2) is 4.79 Å². The molecule has 3 rings (SSSR count). The van der Waals surface area contributed by atoms with Gasteiger partial charge in [0, 0.05) is 12.6 Å². The second-order valence-electron chi connectivity index (χ2n) is 13.1. The zero-order chi connectivity index (χ0) is 23.4. The van der Waals surface area contributed by atoms with Gasteiger partial charge in [0.25, 0.3) is 5.91 Å². The van der Waals surface area contributed by atoms with Crippen molar-refractivity contribution in [1.29, 1.82) is 0 Å². The first-order valence-corrected chi connectivity index (χ1v) is 11.6. The van der Waals surface area contributed by atoms with Crippen LogP contribution in [-0.2, 0) is 20.4 Å². The van der Waals surface area contributed by atoms with Crippen molar-refractivity contribution in [2.45, 2.75) is 98.4 Å². The molecule has 1 aliphatic heterocycles. The number of ether oxygens (including phenoxy) is 1.